The van der Waals surface area contributed by atoms with Gasteiger partial charge in [0, 0.05) is 30.8 Å². The first-order valence-corrected chi connectivity index (χ1v) is 14.0. The summed E-state index contributed by atoms with van der Waals surface area (Å²) < 4.78 is 29.2. The van der Waals surface area contributed by atoms with Crippen LogP contribution in [0.1, 0.15) is 23.6 Å². The van der Waals surface area contributed by atoms with E-state index in [-0.39, 0.29) is 6.42 Å². The lowest BCUT2D eigenvalue weighted by Crippen LogP contribution is -2.46. The van der Waals surface area contributed by atoms with E-state index in [1.54, 1.807) is 84.9 Å². The molecule has 2 amide bonds. The third-order valence-electron chi connectivity index (χ3n) is 5.94. The van der Waals surface area contributed by atoms with Gasteiger partial charge in [0.15, 0.2) is 0 Å². The average Bonchev–Trinajstić information content (AvgIpc) is 3.39. The Kier molecular flexibility index (Phi) is 9.01. The summed E-state index contributed by atoms with van der Waals surface area (Å²) in [5, 5.41) is 5.27. The van der Waals surface area contributed by atoms with Crippen molar-refractivity contribution in [2.75, 3.05) is 11.4 Å². The number of nitrogens with one attached hydrogen (secondary N) is 1. The highest BCUT2D eigenvalue weighted by Crippen LogP contribution is 2.20. The molecule has 0 spiro atoms. The van der Waals surface area contributed by atoms with Gasteiger partial charge in [-0.2, -0.15) is 5.10 Å². The van der Waals surface area contributed by atoms with Gasteiger partial charge in [0.2, 0.25) is 11.8 Å². The molecule has 9 nitrogen and oxygen atoms in total. The van der Waals surface area contributed by atoms with Crippen molar-refractivity contribution in [1.29, 1.82) is 0 Å². The topological polar surface area (TPSA) is 114 Å². The number of anilines is 1. The predicted octanol–water partition coefficient (Wildman–Crippen LogP) is 3.66. The molecule has 1 N–H and O–H groups in total. The number of pyridine rings is 1. The van der Waals surface area contributed by atoms with Gasteiger partial charge >= 0.3 is 0 Å². The second kappa shape index (κ2) is 12.8. The first-order valence-electron chi connectivity index (χ1n) is 12.4. The molecular weight excluding hydrogens is 514 g/mol. The van der Waals surface area contributed by atoms with Crippen molar-refractivity contribution < 1.29 is 18.0 Å². The number of rotatable bonds is 11. The van der Waals surface area contributed by atoms with Crippen molar-refractivity contribution in [3.63, 3.8) is 0 Å². The minimum Gasteiger partial charge on any atom is -0.312 e. The normalized spacial score (nSPS) is 12.2. The molecule has 2 aromatic heterocycles. The van der Waals surface area contributed by atoms with Crippen LogP contribution < -0.4 is 9.62 Å². The van der Waals surface area contributed by atoms with E-state index in [0.29, 0.717) is 29.9 Å². The quantitative estimate of drug-likeness (QED) is 0.289. The van der Waals surface area contributed by atoms with Crippen molar-refractivity contribution in [1.82, 2.24) is 19.5 Å². The average molecular weight is 544 g/mol. The van der Waals surface area contributed by atoms with Crippen molar-refractivity contribution in [3.05, 3.63) is 120 Å². The van der Waals surface area contributed by atoms with Gasteiger partial charge in [0.1, 0.15) is 5.92 Å². The maximum absolute atomic E-state index is 13.7. The molecule has 0 bridgehead atoms. The Bertz CT molecular complexity index is 1520. The monoisotopic (exact) mass is 543 g/mol. The number of hydrogen-bond acceptors (Lipinski definition) is 6. The fourth-order valence-corrected chi connectivity index (χ4v) is 4.87. The Hall–Kier alpha value is -4.57. The van der Waals surface area contributed by atoms with Crippen LogP contribution in [0, 0.1) is 5.92 Å². The molecule has 200 valence electrons. The molecule has 0 aliphatic heterocycles. The van der Waals surface area contributed by atoms with Gasteiger partial charge in [0.05, 0.1) is 18.1 Å². The maximum Gasteiger partial charge on any atom is 0.257 e. The van der Waals surface area contributed by atoms with E-state index in [1.807, 2.05) is 24.3 Å². The second-order valence-electron chi connectivity index (χ2n) is 8.81. The molecule has 4 rings (SSSR count). The molecule has 1 atom stereocenters. The fraction of sp³-hybridized carbons (Fsp3) is 0.172. The van der Waals surface area contributed by atoms with Crippen LogP contribution in [0.15, 0.2) is 103 Å². The summed E-state index contributed by atoms with van der Waals surface area (Å²) in [5.41, 5.74) is 2.83. The van der Waals surface area contributed by atoms with E-state index in [1.165, 1.54) is 11.0 Å². The Labute approximate surface area is 227 Å². The van der Waals surface area contributed by atoms with Crippen LogP contribution in [0.2, 0.25) is 0 Å². The molecule has 4 aromatic rings. The van der Waals surface area contributed by atoms with E-state index < -0.39 is 27.8 Å². The number of carbonyl (C=O) groups excluding carboxylic acids is 2. The van der Waals surface area contributed by atoms with Crippen molar-refractivity contribution in [2.45, 2.75) is 19.9 Å². The molecule has 2 heterocycles. The lowest BCUT2D eigenvalue weighted by Gasteiger charge is -2.25. The number of aromatic nitrogens is 3. The minimum atomic E-state index is -4.16. The van der Waals surface area contributed by atoms with Crippen molar-refractivity contribution >= 4 is 33.6 Å². The van der Waals surface area contributed by atoms with Crippen LogP contribution in [-0.2, 0) is 32.6 Å². The van der Waals surface area contributed by atoms with Gasteiger partial charge in [-0.1, -0.05) is 54.6 Å². The third kappa shape index (κ3) is 7.71. The molecule has 0 fully saturated rings. The van der Waals surface area contributed by atoms with Gasteiger partial charge < -0.3 is 4.90 Å². The molecule has 2 aromatic carbocycles. The molecule has 0 saturated carbocycles. The Morgan fingerprint density at radius 3 is 2.36 bits per heavy atom. The SMILES string of the molecule is CCN(C(=O)C(Cc1cnn(Cc2cccnc2)c1)C(=O)NS(=O)(=O)C=Cc1ccccc1)c1ccccc1. The highest BCUT2D eigenvalue weighted by Gasteiger charge is 2.33. The van der Waals surface area contributed by atoms with E-state index in [2.05, 4.69) is 14.8 Å². The molecule has 0 saturated heterocycles. The van der Waals surface area contributed by atoms with Crippen LogP contribution in [0.25, 0.3) is 6.08 Å². The first kappa shape index (κ1) is 27.5. The Balaban J connectivity index is 1.57. The summed E-state index contributed by atoms with van der Waals surface area (Å²) in [5.74, 6) is -2.73. The zero-order chi connectivity index (χ0) is 27.7. The van der Waals surface area contributed by atoms with Crippen molar-refractivity contribution in [2.24, 2.45) is 5.92 Å². The number of hydrogen-bond donors (Lipinski definition) is 1. The van der Waals surface area contributed by atoms with Crippen LogP contribution in [0.4, 0.5) is 5.69 Å². The van der Waals surface area contributed by atoms with Crippen LogP contribution in [0.5, 0.6) is 0 Å². The standard InChI is InChI=1S/C29H29N5O4S/c1-2-34(26-13-7-4-8-14-26)29(36)27(18-25-20-31-33(22-25)21-24-12-9-16-30-19-24)28(35)32-39(37,38)17-15-23-10-5-3-6-11-23/h3-17,19-20,22,27H,2,18,21H2,1H3,(H,32,35). The van der Waals surface area contributed by atoms with Gasteiger partial charge in [-0.3, -0.25) is 19.3 Å². The van der Waals surface area contributed by atoms with Gasteiger partial charge in [-0.05, 0) is 54.3 Å². The molecule has 1 unspecified atom stereocenters. The van der Waals surface area contributed by atoms with Crippen LogP contribution in [-0.4, -0.2) is 41.5 Å². The lowest BCUT2D eigenvalue weighted by molar-refractivity contribution is -0.132. The van der Waals surface area contributed by atoms with Gasteiger partial charge in [-0.15, -0.1) is 0 Å². The largest absolute Gasteiger partial charge is 0.312 e. The van der Waals surface area contributed by atoms with Crippen molar-refractivity contribution in [3.8, 4) is 0 Å². The second-order valence-corrected chi connectivity index (χ2v) is 10.4. The summed E-state index contributed by atoms with van der Waals surface area (Å²) >= 11 is 0. The van der Waals surface area contributed by atoms with Crippen LogP contribution >= 0.6 is 0 Å². The number of sulfonamides is 1. The number of amides is 2. The summed E-state index contributed by atoms with van der Waals surface area (Å²) in [4.78, 5) is 32.6. The molecule has 0 aliphatic carbocycles. The molecule has 39 heavy (non-hydrogen) atoms. The smallest absolute Gasteiger partial charge is 0.257 e. The predicted molar refractivity (Wildman–Crippen MR) is 150 cm³/mol. The first-order chi connectivity index (χ1) is 18.8. The summed E-state index contributed by atoms with van der Waals surface area (Å²) in [6.07, 6.45) is 8.09. The molecule has 0 aliphatic rings. The summed E-state index contributed by atoms with van der Waals surface area (Å²) in [6, 6.07) is 21.5. The van der Waals surface area contributed by atoms with Gasteiger partial charge in [0.25, 0.3) is 10.0 Å². The van der Waals surface area contributed by atoms with Crippen LogP contribution in [0.3, 0.4) is 0 Å². The number of para-hydroxylation sites is 1. The summed E-state index contributed by atoms with van der Waals surface area (Å²) in [6.45, 7) is 2.56. The third-order valence-corrected chi connectivity index (χ3v) is 6.92. The summed E-state index contributed by atoms with van der Waals surface area (Å²) in [7, 11) is -4.16. The number of carbonyl (C=O) groups is 2. The highest BCUT2D eigenvalue weighted by molar-refractivity contribution is 7.93. The lowest BCUT2D eigenvalue weighted by atomic mass is 9.99. The molecule has 0 radical (unpaired) electrons. The fourth-order valence-electron chi connectivity index (χ4n) is 4.04. The Morgan fingerprint density at radius 2 is 1.69 bits per heavy atom. The van der Waals surface area contributed by atoms with E-state index in [0.717, 1.165) is 11.0 Å². The number of nitrogens with zero attached hydrogens (tertiary/aromatic N) is 4. The Morgan fingerprint density at radius 1 is 0.974 bits per heavy atom. The highest BCUT2D eigenvalue weighted by atomic mass is 32.2. The minimum absolute atomic E-state index is 0.0288. The zero-order valence-corrected chi connectivity index (χ0v) is 22.2. The van der Waals surface area contributed by atoms with E-state index in [4.69, 9.17) is 0 Å². The van der Waals surface area contributed by atoms with Gasteiger partial charge in [-0.25, -0.2) is 13.1 Å². The zero-order valence-electron chi connectivity index (χ0n) is 21.4. The molecular formula is C29H29N5O4S. The maximum atomic E-state index is 13.7. The number of benzene rings is 2. The van der Waals surface area contributed by atoms with E-state index >= 15 is 0 Å². The molecule has 10 heteroatoms. The van der Waals surface area contributed by atoms with E-state index in [9.17, 15) is 18.0 Å².